The van der Waals surface area contributed by atoms with Crippen molar-refractivity contribution >= 4 is 11.6 Å². The molecule has 0 saturated heterocycles. The zero-order valence-corrected chi connectivity index (χ0v) is 7.13. The largest absolute Gasteiger partial charge is 0.467 e. The van der Waals surface area contributed by atoms with Crippen LogP contribution in [0.4, 0.5) is 26.3 Å². The molecule has 0 N–H and O–H groups in total. The molecule has 0 rings (SSSR count). The lowest BCUT2D eigenvalue weighted by molar-refractivity contribution is -0.381. The highest BCUT2D eigenvalue weighted by Gasteiger charge is 2.55. The van der Waals surface area contributed by atoms with Crippen LogP contribution in [-0.2, 0) is 0 Å². The Balaban J connectivity index is 4.78. The Morgan fingerprint density at radius 2 is 1.38 bits per heavy atom. The maximum atomic E-state index is 11.8. The van der Waals surface area contributed by atoms with Crippen molar-refractivity contribution in [2.75, 3.05) is 5.88 Å². The highest BCUT2D eigenvalue weighted by molar-refractivity contribution is 6.18. The van der Waals surface area contributed by atoms with Gasteiger partial charge in [0.2, 0.25) is 0 Å². The van der Waals surface area contributed by atoms with Crippen molar-refractivity contribution in [2.45, 2.75) is 25.6 Å². The van der Waals surface area contributed by atoms with E-state index in [2.05, 4.69) is 0 Å². The van der Waals surface area contributed by atoms with Gasteiger partial charge in [-0.3, -0.25) is 0 Å². The second-order valence-electron chi connectivity index (χ2n) is 2.31. The molecule has 0 spiro atoms. The van der Waals surface area contributed by atoms with Crippen LogP contribution in [0.1, 0.15) is 6.92 Å². The molecule has 1 unspecified atom stereocenters. The molecule has 0 heterocycles. The van der Waals surface area contributed by atoms with Crippen LogP contribution >= 0.6 is 11.6 Å². The van der Waals surface area contributed by atoms with Crippen LogP contribution < -0.4 is 0 Å². The topological polar surface area (TPSA) is 3.24 Å². The molecule has 0 fully saturated rings. The first-order valence-electron chi connectivity index (χ1n) is 3.09. The van der Waals surface area contributed by atoms with Crippen molar-refractivity contribution in [1.82, 2.24) is 4.90 Å². The van der Waals surface area contributed by atoms with E-state index in [9.17, 15) is 26.3 Å². The van der Waals surface area contributed by atoms with E-state index in [0.717, 1.165) is 6.92 Å². The molecular formula is C5H6ClF6N. The van der Waals surface area contributed by atoms with E-state index in [0.29, 0.717) is 0 Å². The monoisotopic (exact) mass is 229 g/mol. The second-order valence-corrected chi connectivity index (χ2v) is 2.62. The molecule has 8 heteroatoms. The van der Waals surface area contributed by atoms with Gasteiger partial charge in [0, 0.05) is 11.9 Å². The van der Waals surface area contributed by atoms with E-state index in [1.54, 1.807) is 0 Å². The van der Waals surface area contributed by atoms with Crippen LogP contribution in [0.25, 0.3) is 0 Å². The molecule has 1 atom stereocenters. The van der Waals surface area contributed by atoms with E-state index in [-0.39, 0.29) is 0 Å². The van der Waals surface area contributed by atoms with E-state index >= 15 is 0 Å². The predicted molar refractivity (Wildman–Crippen MR) is 34.1 cm³/mol. The SMILES string of the molecule is CC(CCl)N(C(F)(F)F)C(F)(F)F. The fraction of sp³-hybridized carbons (Fsp3) is 1.00. The number of hydrogen-bond donors (Lipinski definition) is 0. The average Bonchev–Trinajstić information content (AvgIpc) is 1.80. The van der Waals surface area contributed by atoms with Gasteiger partial charge in [-0.2, -0.15) is 26.3 Å². The van der Waals surface area contributed by atoms with E-state index < -0.39 is 29.4 Å². The standard InChI is InChI=1S/C5H6ClF6N/c1-3(2-6)13(4(7,8)9)5(10,11)12/h3H,2H2,1H3. The average molecular weight is 230 g/mol. The molecule has 0 aliphatic heterocycles. The fourth-order valence-corrected chi connectivity index (χ4v) is 0.851. The zero-order valence-electron chi connectivity index (χ0n) is 6.38. The normalized spacial score (nSPS) is 16.4. The van der Waals surface area contributed by atoms with Crippen molar-refractivity contribution in [3.8, 4) is 0 Å². The van der Waals surface area contributed by atoms with Gasteiger partial charge in [0.1, 0.15) is 0 Å². The minimum absolute atomic E-state index is 0.744. The summed E-state index contributed by atoms with van der Waals surface area (Å²) in [5.41, 5.74) is 0. The van der Waals surface area contributed by atoms with Crippen molar-refractivity contribution in [3.63, 3.8) is 0 Å². The third kappa shape index (κ3) is 3.60. The Labute approximate surface area is 75.3 Å². The zero-order chi connectivity index (χ0) is 10.9. The van der Waals surface area contributed by atoms with Gasteiger partial charge in [0.25, 0.3) is 0 Å². The van der Waals surface area contributed by atoms with Gasteiger partial charge < -0.3 is 0 Å². The molecule has 0 amide bonds. The molecule has 0 bridgehead atoms. The quantitative estimate of drug-likeness (QED) is 0.400. The van der Waals surface area contributed by atoms with Crippen molar-refractivity contribution in [1.29, 1.82) is 0 Å². The lowest BCUT2D eigenvalue weighted by Gasteiger charge is -2.30. The van der Waals surface area contributed by atoms with Gasteiger partial charge in [-0.25, -0.2) is 0 Å². The van der Waals surface area contributed by atoms with E-state index in [4.69, 9.17) is 11.6 Å². The minimum atomic E-state index is -5.45. The second kappa shape index (κ2) is 3.91. The van der Waals surface area contributed by atoms with E-state index in [1.807, 2.05) is 0 Å². The van der Waals surface area contributed by atoms with Crippen molar-refractivity contribution in [3.05, 3.63) is 0 Å². The highest BCUT2D eigenvalue weighted by atomic mass is 35.5. The molecule has 0 aromatic heterocycles. The summed E-state index contributed by atoms with van der Waals surface area (Å²) >= 11 is 4.92. The molecule has 80 valence electrons. The van der Waals surface area contributed by atoms with Gasteiger partial charge in [-0.05, 0) is 6.92 Å². The lowest BCUT2D eigenvalue weighted by atomic mass is 10.3. The maximum Gasteiger partial charge on any atom is 0.467 e. The number of alkyl halides is 7. The highest BCUT2D eigenvalue weighted by Crippen LogP contribution is 2.35. The number of halogens is 7. The molecular weight excluding hydrogens is 224 g/mol. The summed E-state index contributed by atoms with van der Waals surface area (Å²) in [6.45, 7) is 0.744. The number of nitrogens with zero attached hydrogens (tertiary/aromatic N) is 1. The molecule has 1 nitrogen and oxygen atoms in total. The van der Waals surface area contributed by atoms with Crippen LogP contribution in [-0.4, -0.2) is 29.4 Å². The first-order valence-corrected chi connectivity index (χ1v) is 3.63. The number of hydrogen-bond acceptors (Lipinski definition) is 1. The summed E-state index contributed by atoms with van der Waals surface area (Å²) in [4.78, 5) is -1.53. The maximum absolute atomic E-state index is 11.8. The Morgan fingerprint density at radius 1 is 1.08 bits per heavy atom. The Hall–Kier alpha value is -0.170. The smallest absolute Gasteiger partial charge is 0.155 e. The number of rotatable bonds is 2. The van der Waals surface area contributed by atoms with Gasteiger partial charge in [0.15, 0.2) is 0 Å². The Kier molecular flexibility index (Phi) is 3.86. The van der Waals surface area contributed by atoms with Gasteiger partial charge in [-0.15, -0.1) is 16.5 Å². The summed E-state index contributed by atoms with van der Waals surface area (Å²) in [6.07, 6.45) is -10.9. The summed E-state index contributed by atoms with van der Waals surface area (Å²) in [6, 6.07) is -1.83. The molecule has 0 radical (unpaired) electrons. The molecule has 0 aliphatic rings. The summed E-state index contributed by atoms with van der Waals surface area (Å²) in [7, 11) is 0. The lowest BCUT2D eigenvalue weighted by Crippen LogP contribution is -2.53. The first kappa shape index (κ1) is 12.8. The van der Waals surface area contributed by atoms with Crippen LogP contribution in [0, 0.1) is 0 Å². The summed E-state index contributed by atoms with van der Waals surface area (Å²) < 4.78 is 70.8. The van der Waals surface area contributed by atoms with Crippen LogP contribution in [0.2, 0.25) is 0 Å². The molecule has 13 heavy (non-hydrogen) atoms. The van der Waals surface area contributed by atoms with Crippen LogP contribution in [0.3, 0.4) is 0 Å². The minimum Gasteiger partial charge on any atom is -0.155 e. The van der Waals surface area contributed by atoms with Crippen molar-refractivity contribution in [2.24, 2.45) is 0 Å². The molecule has 0 aromatic carbocycles. The van der Waals surface area contributed by atoms with Crippen molar-refractivity contribution < 1.29 is 26.3 Å². The summed E-state index contributed by atoms with van der Waals surface area (Å²) in [5, 5.41) is 0. The van der Waals surface area contributed by atoms with Crippen LogP contribution in [0.5, 0.6) is 0 Å². The van der Waals surface area contributed by atoms with Crippen LogP contribution in [0.15, 0.2) is 0 Å². The molecule has 0 saturated carbocycles. The predicted octanol–water partition coefficient (Wildman–Crippen LogP) is 2.96. The van der Waals surface area contributed by atoms with Gasteiger partial charge in [0.05, 0.1) is 0 Å². The fourth-order valence-electron chi connectivity index (χ4n) is 0.713. The van der Waals surface area contributed by atoms with E-state index in [1.165, 1.54) is 0 Å². The van der Waals surface area contributed by atoms with Gasteiger partial charge in [-0.1, -0.05) is 0 Å². The third-order valence-corrected chi connectivity index (χ3v) is 1.66. The Morgan fingerprint density at radius 3 is 1.46 bits per heavy atom. The first-order chi connectivity index (χ1) is 5.60. The Bertz CT molecular complexity index is 149. The molecule has 0 aliphatic carbocycles. The van der Waals surface area contributed by atoms with Gasteiger partial charge >= 0.3 is 12.6 Å². The summed E-state index contributed by atoms with van der Waals surface area (Å²) in [5.74, 6) is -0.751. The molecule has 0 aromatic rings. The third-order valence-electron chi connectivity index (χ3n) is 1.21.